The van der Waals surface area contributed by atoms with Crippen molar-refractivity contribution in [2.45, 2.75) is 0 Å². The molecule has 0 aliphatic carbocycles. The van der Waals surface area contributed by atoms with Gasteiger partial charge in [-0.15, -0.1) is 0 Å². The zero-order valence-electron chi connectivity index (χ0n) is 8.58. The number of anilines is 1. The lowest BCUT2D eigenvalue weighted by Gasteiger charge is -2.06. The number of rotatable bonds is 3. The topological polar surface area (TPSA) is 111 Å². The van der Waals surface area contributed by atoms with Gasteiger partial charge in [-0.1, -0.05) is 17.3 Å². The second-order valence-corrected chi connectivity index (χ2v) is 3.16. The molecule has 0 saturated carbocycles. The summed E-state index contributed by atoms with van der Waals surface area (Å²) >= 11 is 0. The highest BCUT2D eigenvalue weighted by atomic mass is 16.6. The van der Waals surface area contributed by atoms with Gasteiger partial charge in [0.2, 0.25) is 0 Å². The van der Waals surface area contributed by atoms with Crippen LogP contribution in [0, 0.1) is 0 Å². The van der Waals surface area contributed by atoms with Gasteiger partial charge in [0.05, 0.1) is 11.3 Å². The van der Waals surface area contributed by atoms with Crippen LogP contribution in [0.2, 0.25) is 0 Å². The molecule has 0 unspecified atom stereocenters. The molecule has 0 aliphatic heterocycles. The number of nitrogens with two attached hydrogens (primary N) is 1. The van der Waals surface area contributed by atoms with Crippen molar-refractivity contribution in [3.63, 3.8) is 0 Å². The minimum atomic E-state index is -0.626. The van der Waals surface area contributed by atoms with E-state index in [0.717, 1.165) is 0 Å². The van der Waals surface area contributed by atoms with Crippen LogP contribution in [0.15, 0.2) is 35.1 Å². The Morgan fingerprint density at radius 1 is 1.29 bits per heavy atom. The molecule has 7 heteroatoms. The van der Waals surface area contributed by atoms with E-state index in [1.165, 1.54) is 12.3 Å². The molecule has 2 amide bonds. The summed E-state index contributed by atoms with van der Waals surface area (Å²) in [6.07, 6.45) is 1.17. The molecule has 1 aromatic heterocycles. The van der Waals surface area contributed by atoms with Crippen molar-refractivity contribution in [1.29, 1.82) is 0 Å². The third-order valence-electron chi connectivity index (χ3n) is 2.03. The van der Waals surface area contributed by atoms with E-state index in [1.54, 1.807) is 18.2 Å². The van der Waals surface area contributed by atoms with E-state index in [4.69, 9.17) is 5.73 Å². The molecule has 3 N–H and O–H groups in total. The van der Waals surface area contributed by atoms with E-state index in [2.05, 4.69) is 20.3 Å². The van der Waals surface area contributed by atoms with Crippen LogP contribution in [0.1, 0.15) is 20.8 Å². The summed E-state index contributed by atoms with van der Waals surface area (Å²) in [5, 5.41) is 9.17. The van der Waals surface area contributed by atoms with Crippen LogP contribution in [0.5, 0.6) is 0 Å². The molecule has 0 atom stereocenters. The number of hydrogen-bond acceptors (Lipinski definition) is 5. The minimum Gasteiger partial charge on any atom is -0.366 e. The molecule has 7 nitrogen and oxygen atoms in total. The van der Waals surface area contributed by atoms with Gasteiger partial charge in [0.1, 0.15) is 6.20 Å². The van der Waals surface area contributed by atoms with Crippen molar-refractivity contribution in [1.82, 2.24) is 10.3 Å². The molecule has 0 radical (unpaired) electrons. The molecule has 0 fully saturated rings. The van der Waals surface area contributed by atoms with Crippen LogP contribution in [0.3, 0.4) is 0 Å². The zero-order valence-corrected chi connectivity index (χ0v) is 8.58. The van der Waals surface area contributed by atoms with Crippen molar-refractivity contribution in [2.75, 3.05) is 5.32 Å². The zero-order chi connectivity index (χ0) is 12.3. The van der Waals surface area contributed by atoms with E-state index in [9.17, 15) is 9.59 Å². The van der Waals surface area contributed by atoms with Crippen LogP contribution in [0.25, 0.3) is 0 Å². The summed E-state index contributed by atoms with van der Waals surface area (Å²) in [7, 11) is 0. The highest BCUT2D eigenvalue weighted by molar-refractivity contribution is 6.07. The maximum atomic E-state index is 11.6. The summed E-state index contributed by atoms with van der Waals surface area (Å²) in [6, 6.07) is 6.39. The van der Waals surface area contributed by atoms with E-state index in [1.807, 2.05) is 0 Å². The normalized spacial score (nSPS) is 9.88. The number of nitrogens with zero attached hydrogens (tertiary/aromatic N) is 2. The highest BCUT2D eigenvalue weighted by Crippen LogP contribution is 2.14. The first-order chi connectivity index (χ1) is 8.18. The monoisotopic (exact) mass is 232 g/mol. The number of carbonyl (C=O) groups excluding carboxylic acids is 2. The van der Waals surface area contributed by atoms with E-state index >= 15 is 0 Å². The number of primary amides is 1. The van der Waals surface area contributed by atoms with Crippen molar-refractivity contribution >= 4 is 17.5 Å². The Bertz CT molecular complexity index is 550. The smallest absolute Gasteiger partial charge is 0.279 e. The Labute approximate surface area is 95.6 Å². The molecule has 0 saturated heterocycles. The predicted octanol–water partition coefficient (Wildman–Crippen LogP) is 0.421. The summed E-state index contributed by atoms with van der Waals surface area (Å²) < 4.78 is 4.30. The predicted molar refractivity (Wildman–Crippen MR) is 57.2 cm³/mol. The maximum absolute atomic E-state index is 11.6. The first-order valence-corrected chi connectivity index (χ1v) is 4.66. The van der Waals surface area contributed by atoms with Gasteiger partial charge in [0.25, 0.3) is 11.8 Å². The summed E-state index contributed by atoms with van der Waals surface area (Å²) in [4.78, 5) is 22.7. The van der Waals surface area contributed by atoms with Crippen molar-refractivity contribution in [3.8, 4) is 0 Å². The third kappa shape index (κ3) is 2.28. The average molecular weight is 232 g/mol. The molecule has 0 bridgehead atoms. The van der Waals surface area contributed by atoms with E-state index in [-0.39, 0.29) is 11.3 Å². The first-order valence-electron chi connectivity index (χ1n) is 4.66. The van der Waals surface area contributed by atoms with Crippen molar-refractivity contribution < 1.29 is 14.2 Å². The molecule has 2 aromatic rings. The standard InChI is InChI=1S/C10H8N4O3/c11-9(15)6-3-1-2-4-7(6)13-10(16)8-5-12-17-14-8/h1-5H,(H2,11,15)(H,13,16). The fourth-order valence-corrected chi connectivity index (χ4v) is 1.26. The van der Waals surface area contributed by atoms with E-state index in [0.29, 0.717) is 5.69 Å². The largest absolute Gasteiger partial charge is 0.366 e. The first kappa shape index (κ1) is 10.8. The second kappa shape index (κ2) is 4.44. The molecule has 1 aromatic carbocycles. The Kier molecular flexibility index (Phi) is 2.82. The fourth-order valence-electron chi connectivity index (χ4n) is 1.26. The number of nitrogens with one attached hydrogen (secondary N) is 1. The van der Waals surface area contributed by atoms with E-state index < -0.39 is 11.8 Å². The van der Waals surface area contributed by atoms with Gasteiger partial charge in [-0.3, -0.25) is 9.59 Å². The van der Waals surface area contributed by atoms with Gasteiger partial charge in [-0.05, 0) is 17.3 Å². The summed E-state index contributed by atoms with van der Waals surface area (Å²) in [6.45, 7) is 0. The fraction of sp³-hybridized carbons (Fsp3) is 0. The Morgan fingerprint density at radius 3 is 2.71 bits per heavy atom. The van der Waals surface area contributed by atoms with Crippen LogP contribution in [-0.4, -0.2) is 22.1 Å². The number of para-hydroxylation sites is 1. The molecular weight excluding hydrogens is 224 g/mol. The molecule has 0 spiro atoms. The number of benzene rings is 1. The Balaban J connectivity index is 2.25. The summed E-state index contributed by atoms with van der Waals surface area (Å²) in [5.74, 6) is -1.15. The molecule has 1 heterocycles. The van der Waals surface area contributed by atoms with Gasteiger partial charge in [-0.2, -0.15) is 0 Å². The number of aromatic nitrogens is 2. The van der Waals surface area contributed by atoms with Gasteiger partial charge in [0.15, 0.2) is 5.69 Å². The SMILES string of the molecule is NC(=O)c1ccccc1NC(=O)c1cnon1. The second-order valence-electron chi connectivity index (χ2n) is 3.16. The lowest BCUT2D eigenvalue weighted by atomic mass is 10.1. The van der Waals surface area contributed by atoms with Crippen molar-refractivity contribution in [3.05, 3.63) is 41.7 Å². The maximum Gasteiger partial charge on any atom is 0.279 e. The Morgan fingerprint density at radius 2 is 2.06 bits per heavy atom. The van der Waals surface area contributed by atoms with Crippen molar-refractivity contribution in [2.24, 2.45) is 5.73 Å². The number of amides is 2. The Hall–Kier alpha value is -2.70. The number of carbonyl (C=O) groups is 2. The third-order valence-corrected chi connectivity index (χ3v) is 2.03. The minimum absolute atomic E-state index is 0.0178. The lowest BCUT2D eigenvalue weighted by Crippen LogP contribution is -2.18. The number of hydrogen-bond donors (Lipinski definition) is 2. The average Bonchev–Trinajstić information content (AvgIpc) is 2.83. The van der Waals surface area contributed by atoms with Gasteiger partial charge in [-0.25, -0.2) is 4.63 Å². The molecule has 17 heavy (non-hydrogen) atoms. The van der Waals surface area contributed by atoms with Crippen LogP contribution in [0.4, 0.5) is 5.69 Å². The van der Waals surface area contributed by atoms with Crippen LogP contribution >= 0.6 is 0 Å². The molecule has 0 aliphatic rings. The van der Waals surface area contributed by atoms with Gasteiger partial charge < -0.3 is 11.1 Å². The van der Waals surface area contributed by atoms with Gasteiger partial charge >= 0.3 is 0 Å². The lowest BCUT2D eigenvalue weighted by molar-refractivity contribution is 0.100. The molecular formula is C10H8N4O3. The molecule has 2 rings (SSSR count). The van der Waals surface area contributed by atoms with Crippen LogP contribution in [-0.2, 0) is 0 Å². The van der Waals surface area contributed by atoms with Gasteiger partial charge in [0, 0.05) is 0 Å². The van der Waals surface area contributed by atoms with Crippen LogP contribution < -0.4 is 11.1 Å². The molecule has 86 valence electrons. The summed E-state index contributed by atoms with van der Waals surface area (Å²) in [5.41, 5.74) is 5.72. The highest BCUT2D eigenvalue weighted by Gasteiger charge is 2.13. The quantitative estimate of drug-likeness (QED) is 0.796.